The first-order valence-corrected chi connectivity index (χ1v) is 10.2. The van der Waals surface area contributed by atoms with Gasteiger partial charge in [0.2, 0.25) is 0 Å². The number of fused-ring (bicyclic) bond motifs is 1. The Labute approximate surface area is 171 Å². The van der Waals surface area contributed by atoms with Gasteiger partial charge in [-0.3, -0.25) is 0 Å². The fraction of sp³-hybridized carbons (Fsp3) is 0.348. The molecular weight excluding hydrogens is 368 g/mol. The summed E-state index contributed by atoms with van der Waals surface area (Å²) in [6.45, 7) is 8.81. The molecule has 1 aliphatic rings. The highest BCUT2D eigenvalue weighted by molar-refractivity contribution is 7.80. The van der Waals surface area contributed by atoms with Gasteiger partial charge in [0, 0.05) is 35.8 Å². The van der Waals surface area contributed by atoms with Gasteiger partial charge in [-0.1, -0.05) is 36.5 Å². The van der Waals surface area contributed by atoms with Crippen molar-refractivity contribution < 1.29 is 9.47 Å². The highest BCUT2D eigenvalue weighted by Gasteiger charge is 2.19. The zero-order valence-electron chi connectivity index (χ0n) is 16.5. The van der Waals surface area contributed by atoms with Crippen LogP contribution in [0.1, 0.15) is 16.7 Å². The molecule has 1 saturated heterocycles. The zero-order valence-corrected chi connectivity index (χ0v) is 17.3. The maximum Gasteiger partial charge on any atom is 0.119 e. The first-order chi connectivity index (χ1) is 13.6. The van der Waals surface area contributed by atoms with E-state index in [1.54, 1.807) is 0 Å². The lowest BCUT2D eigenvalue weighted by atomic mass is 10.1. The molecule has 0 bridgehead atoms. The van der Waals surface area contributed by atoms with Crippen LogP contribution in [0.4, 0.5) is 0 Å². The van der Waals surface area contributed by atoms with Crippen molar-refractivity contribution in [3.05, 3.63) is 65.4 Å². The number of nitrogens with zero attached hydrogens (tertiary/aromatic N) is 2. The smallest absolute Gasteiger partial charge is 0.119 e. The molecule has 0 N–H and O–H groups in total. The van der Waals surface area contributed by atoms with Crippen molar-refractivity contribution in [2.45, 2.75) is 20.4 Å². The van der Waals surface area contributed by atoms with Crippen LogP contribution in [-0.2, 0) is 11.3 Å². The Morgan fingerprint density at radius 2 is 1.86 bits per heavy atom. The molecule has 2 heterocycles. The first-order valence-electron chi connectivity index (χ1n) is 9.78. The summed E-state index contributed by atoms with van der Waals surface area (Å²) in [6, 6.07) is 14.7. The van der Waals surface area contributed by atoms with Crippen LogP contribution in [0.2, 0.25) is 0 Å². The second kappa shape index (κ2) is 8.33. The predicted molar refractivity (Wildman–Crippen MR) is 117 cm³/mol. The largest absolute Gasteiger partial charge is 0.492 e. The molecule has 0 amide bonds. The topological polar surface area (TPSA) is 26.6 Å². The van der Waals surface area contributed by atoms with Crippen molar-refractivity contribution >= 4 is 28.1 Å². The average molecular weight is 395 g/mol. The van der Waals surface area contributed by atoms with Crippen LogP contribution < -0.4 is 4.74 Å². The van der Waals surface area contributed by atoms with E-state index in [0.29, 0.717) is 6.61 Å². The van der Waals surface area contributed by atoms with Crippen LogP contribution in [0.25, 0.3) is 10.9 Å². The molecule has 0 unspecified atom stereocenters. The molecule has 0 radical (unpaired) electrons. The van der Waals surface area contributed by atoms with Crippen molar-refractivity contribution in [1.82, 2.24) is 9.47 Å². The van der Waals surface area contributed by atoms with Crippen molar-refractivity contribution in [2.24, 2.45) is 0 Å². The molecule has 146 valence electrons. The quantitative estimate of drug-likeness (QED) is 0.601. The van der Waals surface area contributed by atoms with Gasteiger partial charge in [0.1, 0.15) is 17.3 Å². The third kappa shape index (κ3) is 3.91. The number of ether oxygens (including phenoxy) is 2. The molecule has 1 fully saturated rings. The van der Waals surface area contributed by atoms with Crippen LogP contribution in [0.3, 0.4) is 0 Å². The van der Waals surface area contributed by atoms with E-state index in [1.165, 1.54) is 22.0 Å². The highest BCUT2D eigenvalue weighted by atomic mass is 32.1. The summed E-state index contributed by atoms with van der Waals surface area (Å²) in [7, 11) is 0. The fourth-order valence-corrected chi connectivity index (χ4v) is 3.95. The summed E-state index contributed by atoms with van der Waals surface area (Å²) >= 11 is 5.82. The second-order valence-electron chi connectivity index (χ2n) is 7.25. The van der Waals surface area contributed by atoms with E-state index in [2.05, 4.69) is 65.9 Å². The second-order valence-corrected chi connectivity index (χ2v) is 7.64. The predicted octanol–water partition coefficient (Wildman–Crippen LogP) is 4.34. The van der Waals surface area contributed by atoms with E-state index in [-0.39, 0.29) is 0 Å². The third-order valence-electron chi connectivity index (χ3n) is 5.40. The summed E-state index contributed by atoms with van der Waals surface area (Å²) < 4.78 is 13.7. The third-order valence-corrected chi connectivity index (χ3v) is 5.87. The summed E-state index contributed by atoms with van der Waals surface area (Å²) in [4.78, 5) is 3.16. The lowest BCUT2D eigenvalue weighted by molar-refractivity contribution is 0.0693. The van der Waals surface area contributed by atoms with Gasteiger partial charge in [-0.2, -0.15) is 0 Å². The van der Waals surface area contributed by atoms with Gasteiger partial charge >= 0.3 is 0 Å². The zero-order chi connectivity index (χ0) is 19.5. The molecule has 2 aromatic carbocycles. The molecule has 4 nitrogen and oxygen atoms in total. The minimum atomic E-state index is 0.616. The summed E-state index contributed by atoms with van der Waals surface area (Å²) in [5.74, 6) is 0.920. The highest BCUT2D eigenvalue weighted by Crippen LogP contribution is 2.24. The van der Waals surface area contributed by atoms with Crippen LogP contribution in [0.5, 0.6) is 5.75 Å². The SMILES string of the molecule is Cc1ccc(OCCn2cc(C(=S)N3CCOCC3)c3ccccc32)cc1C. The summed E-state index contributed by atoms with van der Waals surface area (Å²) in [5.41, 5.74) is 4.85. The van der Waals surface area contributed by atoms with Gasteiger partial charge in [-0.15, -0.1) is 0 Å². The monoisotopic (exact) mass is 394 g/mol. The van der Waals surface area contributed by atoms with Crippen molar-refractivity contribution in [3.63, 3.8) is 0 Å². The van der Waals surface area contributed by atoms with E-state index in [1.807, 2.05) is 6.07 Å². The van der Waals surface area contributed by atoms with Crippen LogP contribution in [0.15, 0.2) is 48.7 Å². The van der Waals surface area contributed by atoms with Crippen molar-refractivity contribution in [3.8, 4) is 5.75 Å². The Balaban J connectivity index is 1.52. The van der Waals surface area contributed by atoms with Crippen LogP contribution in [0, 0.1) is 13.8 Å². The molecule has 0 saturated carbocycles. The lowest BCUT2D eigenvalue weighted by Gasteiger charge is -2.29. The molecule has 28 heavy (non-hydrogen) atoms. The Bertz CT molecular complexity index is 989. The number of aryl methyl sites for hydroxylation is 2. The molecule has 0 spiro atoms. The van der Waals surface area contributed by atoms with Gasteiger partial charge in [-0.25, -0.2) is 0 Å². The molecule has 1 aliphatic heterocycles. The Morgan fingerprint density at radius 3 is 2.64 bits per heavy atom. The number of morpholine rings is 1. The van der Waals surface area contributed by atoms with E-state index in [9.17, 15) is 0 Å². The Hall–Kier alpha value is -2.37. The van der Waals surface area contributed by atoms with E-state index in [0.717, 1.165) is 49.1 Å². The minimum absolute atomic E-state index is 0.616. The number of benzene rings is 2. The molecule has 0 atom stereocenters. The number of rotatable bonds is 5. The van der Waals surface area contributed by atoms with Crippen LogP contribution in [-0.4, -0.2) is 47.4 Å². The summed E-state index contributed by atoms with van der Waals surface area (Å²) in [6.07, 6.45) is 2.17. The maximum atomic E-state index is 6.00. The number of hydrogen-bond donors (Lipinski definition) is 0. The Morgan fingerprint density at radius 1 is 1.07 bits per heavy atom. The molecule has 5 heteroatoms. The van der Waals surface area contributed by atoms with E-state index in [4.69, 9.17) is 21.7 Å². The maximum absolute atomic E-state index is 6.00. The molecule has 4 rings (SSSR count). The summed E-state index contributed by atoms with van der Waals surface area (Å²) in [5, 5.41) is 1.20. The number of thiocarbonyl (C=S) groups is 1. The van der Waals surface area contributed by atoms with Gasteiger partial charge in [0.05, 0.1) is 19.8 Å². The normalized spacial score (nSPS) is 14.4. The Kier molecular flexibility index (Phi) is 5.64. The van der Waals surface area contributed by atoms with Gasteiger partial charge in [-0.05, 0) is 43.2 Å². The van der Waals surface area contributed by atoms with E-state index >= 15 is 0 Å². The average Bonchev–Trinajstić information content (AvgIpc) is 3.09. The standard InChI is InChI=1S/C23H26N2O2S/c1-17-7-8-19(15-18(17)2)27-14-11-25-16-21(20-5-3-4-6-22(20)25)23(28)24-9-12-26-13-10-24/h3-8,15-16H,9-14H2,1-2H3. The van der Waals surface area contributed by atoms with Gasteiger partial charge < -0.3 is 18.9 Å². The van der Waals surface area contributed by atoms with E-state index < -0.39 is 0 Å². The molecule has 1 aromatic heterocycles. The van der Waals surface area contributed by atoms with Gasteiger partial charge in [0.15, 0.2) is 0 Å². The van der Waals surface area contributed by atoms with Crippen molar-refractivity contribution in [2.75, 3.05) is 32.9 Å². The molecule has 0 aliphatic carbocycles. The molecular formula is C23H26N2O2S. The fourth-order valence-electron chi connectivity index (χ4n) is 3.60. The number of aromatic nitrogens is 1. The number of para-hydroxylation sites is 1. The lowest BCUT2D eigenvalue weighted by Crippen LogP contribution is -2.40. The minimum Gasteiger partial charge on any atom is -0.492 e. The van der Waals surface area contributed by atoms with Gasteiger partial charge in [0.25, 0.3) is 0 Å². The van der Waals surface area contributed by atoms with Crippen molar-refractivity contribution in [1.29, 1.82) is 0 Å². The molecule has 3 aromatic rings. The number of hydrogen-bond acceptors (Lipinski definition) is 3. The van der Waals surface area contributed by atoms with Crippen LogP contribution >= 0.6 is 12.2 Å². The first kappa shape index (κ1) is 19.0.